The average Bonchev–Trinajstić information content (AvgIpc) is 2.58. The summed E-state index contributed by atoms with van der Waals surface area (Å²) in [6.45, 7) is 1.18. The lowest BCUT2D eigenvalue weighted by Gasteiger charge is -2.21. The van der Waals surface area contributed by atoms with Crippen LogP contribution in [0, 0.1) is 7.27 Å². The zero-order valence-electron chi connectivity index (χ0n) is 8.30. The van der Waals surface area contributed by atoms with Gasteiger partial charge >= 0.3 is 0 Å². The number of halogens is 3. The first-order chi connectivity index (χ1) is 7.09. The van der Waals surface area contributed by atoms with Crippen LogP contribution in [0.1, 0.15) is 24.4 Å². The molecule has 0 N–H and O–H groups in total. The third kappa shape index (κ3) is 2.58. The van der Waals surface area contributed by atoms with E-state index >= 15 is 0 Å². The Morgan fingerprint density at radius 2 is 2.27 bits per heavy atom. The summed E-state index contributed by atoms with van der Waals surface area (Å²) in [6, 6.07) is 2.69. The largest absolute Gasteiger partial charge is 0.299 e. The monoisotopic (exact) mass is 448 g/mol. The Hall–Kier alpha value is 0.860. The maximum Gasteiger partial charge on any atom is 0.143 e. The molecule has 0 unspecified atom stereocenters. The van der Waals surface area contributed by atoms with E-state index in [1.165, 1.54) is 24.9 Å². The Bertz CT molecular complexity index is 384. The minimum atomic E-state index is 0.523. The van der Waals surface area contributed by atoms with Crippen molar-refractivity contribution in [3.63, 3.8) is 0 Å². The highest BCUT2D eigenvalue weighted by atomic mass is 127. The van der Waals surface area contributed by atoms with Crippen molar-refractivity contribution in [3.8, 4) is 0 Å². The predicted molar refractivity (Wildman–Crippen MR) is 79.3 cm³/mol. The molecule has 2 rings (SSSR count). The van der Waals surface area contributed by atoms with Gasteiger partial charge in [0, 0.05) is 11.6 Å². The van der Waals surface area contributed by atoms with Crippen molar-refractivity contribution in [2.24, 2.45) is 0 Å². The van der Waals surface area contributed by atoms with E-state index < -0.39 is 0 Å². The first-order valence-corrected chi connectivity index (χ1v) is 7.35. The molecule has 0 spiro atoms. The molecule has 1 fully saturated rings. The lowest BCUT2D eigenvalue weighted by molar-refractivity contribution is 0.315. The van der Waals surface area contributed by atoms with Crippen LogP contribution in [0.3, 0.4) is 0 Å². The third-order valence-corrected chi connectivity index (χ3v) is 5.09. The van der Waals surface area contributed by atoms with Crippen LogP contribution in [0.4, 0.5) is 0 Å². The van der Waals surface area contributed by atoms with Gasteiger partial charge in [-0.3, -0.25) is 4.90 Å². The molecule has 0 aromatic carbocycles. The van der Waals surface area contributed by atoms with Crippen molar-refractivity contribution in [1.82, 2.24) is 9.88 Å². The van der Waals surface area contributed by atoms with Crippen molar-refractivity contribution in [3.05, 3.63) is 24.1 Å². The Kier molecular flexibility index (Phi) is 4.12. The quantitative estimate of drug-likeness (QED) is 0.481. The van der Waals surface area contributed by atoms with E-state index in [2.05, 4.69) is 68.2 Å². The molecule has 5 heteroatoms. The Morgan fingerprint density at radius 3 is 2.87 bits per heavy atom. The van der Waals surface area contributed by atoms with Gasteiger partial charge in [-0.25, -0.2) is 4.98 Å². The SMILES string of the molecule is CN1CCC[C@H]1c1cc(I)c(Cl)nc1I. The number of nitrogens with zero attached hydrogens (tertiary/aromatic N) is 2. The van der Waals surface area contributed by atoms with E-state index in [1.807, 2.05) is 0 Å². The second-order valence-corrected chi connectivity index (χ2v) is 6.32. The van der Waals surface area contributed by atoms with Crippen LogP contribution in [0.15, 0.2) is 6.07 Å². The summed E-state index contributed by atoms with van der Waals surface area (Å²) in [7, 11) is 2.18. The molecule has 1 aliphatic rings. The van der Waals surface area contributed by atoms with Gasteiger partial charge in [-0.2, -0.15) is 0 Å². The van der Waals surface area contributed by atoms with Crippen LogP contribution in [-0.4, -0.2) is 23.5 Å². The summed E-state index contributed by atoms with van der Waals surface area (Å²) in [5.74, 6) is 0. The number of hydrogen-bond acceptors (Lipinski definition) is 2. The first kappa shape index (κ1) is 12.3. The fraction of sp³-hybridized carbons (Fsp3) is 0.500. The van der Waals surface area contributed by atoms with Gasteiger partial charge in [0.25, 0.3) is 0 Å². The van der Waals surface area contributed by atoms with Crippen LogP contribution in [0.5, 0.6) is 0 Å². The average molecular weight is 448 g/mol. The maximum absolute atomic E-state index is 5.99. The molecular formula is C10H11ClI2N2. The molecular weight excluding hydrogens is 437 g/mol. The Balaban J connectivity index is 2.39. The topological polar surface area (TPSA) is 16.1 Å². The second kappa shape index (κ2) is 5.01. The first-order valence-electron chi connectivity index (χ1n) is 4.81. The van der Waals surface area contributed by atoms with Gasteiger partial charge in [0.05, 0.1) is 3.57 Å². The van der Waals surface area contributed by atoms with Gasteiger partial charge in [0.15, 0.2) is 0 Å². The summed E-state index contributed by atoms with van der Waals surface area (Å²) >= 11 is 10.5. The van der Waals surface area contributed by atoms with E-state index in [9.17, 15) is 0 Å². The predicted octanol–water partition coefficient (Wildman–Crippen LogP) is 3.71. The van der Waals surface area contributed by atoms with Crippen molar-refractivity contribution in [2.45, 2.75) is 18.9 Å². The smallest absolute Gasteiger partial charge is 0.143 e. The highest BCUT2D eigenvalue weighted by molar-refractivity contribution is 14.1. The van der Waals surface area contributed by atoms with Gasteiger partial charge in [-0.15, -0.1) is 0 Å². The van der Waals surface area contributed by atoms with E-state index in [-0.39, 0.29) is 0 Å². The van der Waals surface area contributed by atoms with Crippen LogP contribution < -0.4 is 0 Å². The maximum atomic E-state index is 5.99. The van der Waals surface area contributed by atoms with Crippen LogP contribution in [0.2, 0.25) is 5.15 Å². The minimum Gasteiger partial charge on any atom is -0.299 e. The molecule has 0 radical (unpaired) electrons. The molecule has 1 atom stereocenters. The zero-order valence-corrected chi connectivity index (χ0v) is 13.4. The van der Waals surface area contributed by atoms with Crippen molar-refractivity contribution in [1.29, 1.82) is 0 Å². The van der Waals surface area contributed by atoms with Gasteiger partial charge in [0.1, 0.15) is 8.85 Å². The van der Waals surface area contributed by atoms with Gasteiger partial charge < -0.3 is 0 Å². The van der Waals surface area contributed by atoms with E-state index in [0.717, 1.165) is 7.27 Å². The number of hydrogen-bond donors (Lipinski definition) is 0. The summed E-state index contributed by atoms with van der Waals surface area (Å²) in [4.78, 5) is 6.76. The number of aromatic nitrogens is 1. The van der Waals surface area contributed by atoms with Crippen LogP contribution >= 0.6 is 56.8 Å². The molecule has 1 saturated heterocycles. The van der Waals surface area contributed by atoms with Gasteiger partial charge in [-0.05, 0) is 77.7 Å². The van der Waals surface area contributed by atoms with Crippen molar-refractivity contribution in [2.75, 3.05) is 13.6 Å². The van der Waals surface area contributed by atoms with Gasteiger partial charge in [-0.1, -0.05) is 11.6 Å². The number of rotatable bonds is 1. The highest BCUT2D eigenvalue weighted by Crippen LogP contribution is 2.34. The highest BCUT2D eigenvalue weighted by Gasteiger charge is 2.25. The summed E-state index contributed by atoms with van der Waals surface area (Å²) in [6.07, 6.45) is 2.50. The normalized spacial score (nSPS) is 22.3. The summed E-state index contributed by atoms with van der Waals surface area (Å²) in [5.41, 5.74) is 1.32. The summed E-state index contributed by atoms with van der Waals surface area (Å²) in [5, 5.41) is 0.615. The fourth-order valence-electron chi connectivity index (χ4n) is 2.00. The molecule has 82 valence electrons. The van der Waals surface area contributed by atoms with Crippen LogP contribution in [-0.2, 0) is 0 Å². The van der Waals surface area contributed by atoms with E-state index in [1.54, 1.807) is 0 Å². The fourth-order valence-corrected chi connectivity index (χ4v) is 3.49. The minimum absolute atomic E-state index is 0.523. The Morgan fingerprint density at radius 1 is 1.53 bits per heavy atom. The standard InChI is InChI=1S/C10H11ClI2N2/c1-15-4-2-3-8(15)6-5-7(12)9(11)14-10(6)13/h5,8H,2-4H2,1H3/t8-/m0/s1. The van der Waals surface area contributed by atoms with E-state index in [0.29, 0.717) is 11.2 Å². The zero-order chi connectivity index (χ0) is 11.0. The molecule has 0 bridgehead atoms. The number of likely N-dealkylation sites (tertiary alicyclic amines) is 1. The second-order valence-electron chi connectivity index (χ2n) is 3.78. The lowest BCUT2D eigenvalue weighted by Crippen LogP contribution is -2.19. The molecule has 0 aliphatic carbocycles. The molecule has 15 heavy (non-hydrogen) atoms. The number of pyridine rings is 1. The summed E-state index contributed by atoms with van der Waals surface area (Å²) < 4.78 is 2.08. The van der Waals surface area contributed by atoms with Crippen molar-refractivity contribution >= 4 is 56.8 Å². The molecule has 0 amide bonds. The molecule has 1 aromatic rings. The lowest BCUT2D eigenvalue weighted by atomic mass is 10.1. The third-order valence-electron chi connectivity index (χ3n) is 2.79. The Labute approximate surface area is 122 Å². The van der Waals surface area contributed by atoms with Gasteiger partial charge in [0.2, 0.25) is 0 Å². The molecule has 1 aromatic heterocycles. The van der Waals surface area contributed by atoms with E-state index in [4.69, 9.17) is 11.6 Å². The molecule has 1 aliphatic heterocycles. The molecule has 2 heterocycles. The molecule has 2 nitrogen and oxygen atoms in total. The van der Waals surface area contributed by atoms with Crippen molar-refractivity contribution < 1.29 is 0 Å². The van der Waals surface area contributed by atoms with Crippen LogP contribution in [0.25, 0.3) is 0 Å². The molecule has 0 saturated carbocycles.